The molecule has 0 aliphatic heterocycles. The predicted octanol–water partition coefficient (Wildman–Crippen LogP) is 0.530. The van der Waals surface area contributed by atoms with Gasteiger partial charge >= 0.3 is 0 Å². The number of aliphatic hydroxyl groups is 1. The van der Waals surface area contributed by atoms with Gasteiger partial charge in [-0.2, -0.15) is 0 Å². The molecule has 0 amide bonds. The summed E-state index contributed by atoms with van der Waals surface area (Å²) in [5.41, 5.74) is 7.55. The molecule has 0 spiro atoms. The van der Waals surface area contributed by atoms with Gasteiger partial charge in [0.1, 0.15) is 0 Å². The Labute approximate surface area is 78.4 Å². The first-order chi connectivity index (χ1) is 6.26. The van der Waals surface area contributed by atoms with Gasteiger partial charge in [0, 0.05) is 11.6 Å². The maximum atomic E-state index is 8.74. The molecule has 0 aliphatic carbocycles. The lowest BCUT2D eigenvalue weighted by atomic mass is 10.1. The summed E-state index contributed by atoms with van der Waals surface area (Å²) in [5.74, 6) is 2.54. The van der Waals surface area contributed by atoms with Crippen molar-refractivity contribution in [3.8, 4) is 12.3 Å². The quantitative estimate of drug-likeness (QED) is 0.658. The van der Waals surface area contributed by atoms with Crippen molar-refractivity contribution in [1.29, 1.82) is 0 Å². The number of hydrogen-bond donors (Lipinski definition) is 2. The number of nitrogens with two attached hydrogens (primary N) is 1. The molecule has 1 unspecified atom stereocenters. The lowest BCUT2D eigenvalue weighted by Crippen LogP contribution is -2.26. The van der Waals surface area contributed by atoms with Crippen LogP contribution in [0.5, 0.6) is 0 Å². The molecule has 3 N–H and O–H groups in total. The second-order valence-electron chi connectivity index (χ2n) is 2.99. The smallest absolute Gasteiger partial charge is 0.0585 e. The highest BCUT2D eigenvalue weighted by molar-refractivity contribution is 5.34. The van der Waals surface area contributed by atoms with Gasteiger partial charge in [0.25, 0.3) is 0 Å². The van der Waals surface area contributed by atoms with E-state index in [1.165, 1.54) is 0 Å². The van der Waals surface area contributed by atoms with E-state index >= 15 is 0 Å². The molecular weight excluding hydrogens is 162 g/mol. The van der Waals surface area contributed by atoms with Crippen molar-refractivity contribution in [2.45, 2.75) is 12.5 Å². The third kappa shape index (κ3) is 2.90. The van der Waals surface area contributed by atoms with Gasteiger partial charge in [-0.15, -0.1) is 6.42 Å². The van der Waals surface area contributed by atoms with Gasteiger partial charge in [-0.1, -0.05) is 18.1 Å². The molecule has 0 radical (unpaired) electrons. The van der Waals surface area contributed by atoms with Crippen LogP contribution in [0.4, 0.5) is 0 Å². The fourth-order valence-corrected chi connectivity index (χ4v) is 1.10. The summed E-state index contributed by atoms with van der Waals surface area (Å²) in [6, 6.07) is 7.44. The SMILES string of the molecule is C#Cc1ccc(CC(N)CO)cc1. The number of benzene rings is 1. The van der Waals surface area contributed by atoms with Crippen molar-refractivity contribution in [3.63, 3.8) is 0 Å². The Morgan fingerprint density at radius 2 is 2.00 bits per heavy atom. The lowest BCUT2D eigenvalue weighted by Gasteiger charge is -2.07. The average molecular weight is 175 g/mol. The fraction of sp³-hybridized carbons (Fsp3) is 0.273. The second-order valence-corrected chi connectivity index (χ2v) is 2.99. The Balaban J connectivity index is 2.65. The maximum absolute atomic E-state index is 8.74. The van der Waals surface area contributed by atoms with Gasteiger partial charge in [-0.25, -0.2) is 0 Å². The van der Waals surface area contributed by atoms with Gasteiger partial charge in [-0.05, 0) is 24.1 Å². The zero-order chi connectivity index (χ0) is 9.68. The van der Waals surface area contributed by atoms with Crippen molar-refractivity contribution >= 4 is 0 Å². The Bertz CT molecular complexity index is 297. The normalized spacial score (nSPS) is 12.1. The third-order valence-electron chi connectivity index (χ3n) is 1.85. The van der Waals surface area contributed by atoms with Crippen molar-refractivity contribution in [2.24, 2.45) is 5.73 Å². The zero-order valence-electron chi connectivity index (χ0n) is 7.40. The zero-order valence-corrected chi connectivity index (χ0v) is 7.40. The first-order valence-electron chi connectivity index (χ1n) is 4.18. The summed E-state index contributed by atoms with van der Waals surface area (Å²) in [4.78, 5) is 0. The largest absolute Gasteiger partial charge is 0.395 e. The molecule has 1 aromatic carbocycles. The topological polar surface area (TPSA) is 46.2 Å². The molecule has 1 rings (SSSR count). The Morgan fingerprint density at radius 3 is 2.46 bits per heavy atom. The highest BCUT2D eigenvalue weighted by Gasteiger charge is 2.01. The van der Waals surface area contributed by atoms with Crippen LogP contribution in [0.2, 0.25) is 0 Å². The molecule has 2 nitrogen and oxygen atoms in total. The third-order valence-corrected chi connectivity index (χ3v) is 1.85. The standard InChI is InChI=1S/C11H13NO/c1-2-9-3-5-10(6-4-9)7-11(12)8-13/h1,3-6,11,13H,7-8,12H2. The molecule has 0 saturated heterocycles. The van der Waals surface area contributed by atoms with Crippen LogP contribution < -0.4 is 5.73 Å². The molecule has 1 aromatic rings. The van der Waals surface area contributed by atoms with Crippen molar-refractivity contribution in [1.82, 2.24) is 0 Å². The van der Waals surface area contributed by atoms with E-state index in [9.17, 15) is 0 Å². The lowest BCUT2D eigenvalue weighted by molar-refractivity contribution is 0.265. The van der Waals surface area contributed by atoms with E-state index in [2.05, 4.69) is 5.92 Å². The fourth-order valence-electron chi connectivity index (χ4n) is 1.10. The minimum atomic E-state index is -0.184. The van der Waals surface area contributed by atoms with Crippen molar-refractivity contribution < 1.29 is 5.11 Å². The van der Waals surface area contributed by atoms with Gasteiger partial charge in [0.2, 0.25) is 0 Å². The molecule has 0 aliphatic rings. The van der Waals surface area contributed by atoms with E-state index in [-0.39, 0.29) is 12.6 Å². The van der Waals surface area contributed by atoms with Crippen LogP contribution in [0.1, 0.15) is 11.1 Å². The molecule has 1 atom stereocenters. The van der Waals surface area contributed by atoms with Crippen LogP contribution >= 0.6 is 0 Å². The van der Waals surface area contributed by atoms with E-state index in [0.29, 0.717) is 6.42 Å². The molecule has 0 bridgehead atoms. The van der Waals surface area contributed by atoms with Crippen LogP contribution in [0, 0.1) is 12.3 Å². The molecule has 0 saturated carbocycles. The van der Waals surface area contributed by atoms with Gasteiger partial charge < -0.3 is 10.8 Å². The van der Waals surface area contributed by atoms with Crippen LogP contribution in [-0.2, 0) is 6.42 Å². The van der Waals surface area contributed by atoms with E-state index in [0.717, 1.165) is 11.1 Å². The molecular formula is C11H13NO. The van der Waals surface area contributed by atoms with Crippen molar-refractivity contribution in [3.05, 3.63) is 35.4 Å². The van der Waals surface area contributed by atoms with E-state index in [4.69, 9.17) is 17.3 Å². The maximum Gasteiger partial charge on any atom is 0.0585 e. The van der Waals surface area contributed by atoms with Gasteiger partial charge in [0.15, 0.2) is 0 Å². The summed E-state index contributed by atoms with van der Waals surface area (Å²) in [6.07, 6.45) is 5.89. The van der Waals surface area contributed by atoms with Gasteiger partial charge in [0.05, 0.1) is 6.61 Å². The van der Waals surface area contributed by atoms with Crippen LogP contribution in [0.15, 0.2) is 24.3 Å². The summed E-state index contributed by atoms with van der Waals surface area (Å²) >= 11 is 0. The molecule has 13 heavy (non-hydrogen) atoms. The summed E-state index contributed by atoms with van der Waals surface area (Å²) < 4.78 is 0. The van der Waals surface area contributed by atoms with Crippen molar-refractivity contribution in [2.75, 3.05) is 6.61 Å². The van der Waals surface area contributed by atoms with Crippen LogP contribution in [-0.4, -0.2) is 17.8 Å². The number of terminal acetylenes is 1. The number of hydrogen-bond acceptors (Lipinski definition) is 2. The summed E-state index contributed by atoms with van der Waals surface area (Å²) in [7, 11) is 0. The Hall–Kier alpha value is -1.30. The minimum Gasteiger partial charge on any atom is -0.395 e. The second kappa shape index (κ2) is 4.66. The minimum absolute atomic E-state index is 0.0108. The van der Waals surface area contributed by atoms with Crippen LogP contribution in [0.25, 0.3) is 0 Å². The highest BCUT2D eigenvalue weighted by atomic mass is 16.3. The van der Waals surface area contributed by atoms with Crippen LogP contribution in [0.3, 0.4) is 0 Å². The average Bonchev–Trinajstić information content (AvgIpc) is 2.19. The number of aliphatic hydroxyl groups excluding tert-OH is 1. The summed E-state index contributed by atoms with van der Waals surface area (Å²) in [6.45, 7) is 0.0108. The molecule has 0 heterocycles. The first-order valence-corrected chi connectivity index (χ1v) is 4.18. The predicted molar refractivity (Wildman–Crippen MR) is 53.1 cm³/mol. The monoisotopic (exact) mass is 175 g/mol. The molecule has 2 heteroatoms. The Morgan fingerprint density at radius 1 is 1.38 bits per heavy atom. The first kappa shape index (κ1) is 9.79. The van der Waals surface area contributed by atoms with Gasteiger partial charge in [-0.3, -0.25) is 0 Å². The van der Waals surface area contributed by atoms with E-state index < -0.39 is 0 Å². The summed E-state index contributed by atoms with van der Waals surface area (Å²) in [5, 5.41) is 8.74. The molecule has 0 aromatic heterocycles. The Kier molecular flexibility index (Phi) is 3.51. The van der Waals surface area contributed by atoms with E-state index in [1.807, 2.05) is 24.3 Å². The highest BCUT2D eigenvalue weighted by Crippen LogP contribution is 2.05. The number of rotatable bonds is 3. The molecule has 0 fully saturated rings. The molecule has 68 valence electrons. The van der Waals surface area contributed by atoms with E-state index in [1.54, 1.807) is 0 Å².